The Hall–Kier alpha value is -3.37. The summed E-state index contributed by atoms with van der Waals surface area (Å²) in [6, 6.07) is 10.3. The number of nitrogens with two attached hydrogens (primary N) is 1. The van der Waals surface area contributed by atoms with Crippen molar-refractivity contribution >= 4 is 50.9 Å². The lowest BCUT2D eigenvalue weighted by Gasteiger charge is -2.38. The lowest BCUT2D eigenvalue weighted by molar-refractivity contribution is 0.364. The number of fused-ring (bicyclic) bond motifs is 1. The topological polar surface area (TPSA) is 143 Å². The number of aromatic hydroxyl groups is 1. The summed E-state index contributed by atoms with van der Waals surface area (Å²) in [5, 5.41) is 16.5. The van der Waals surface area contributed by atoms with E-state index in [1.54, 1.807) is 44.2 Å². The van der Waals surface area contributed by atoms with Gasteiger partial charge < -0.3 is 21.5 Å². The summed E-state index contributed by atoms with van der Waals surface area (Å²) in [7, 11) is -3.54. The Bertz CT molecular complexity index is 1460. The van der Waals surface area contributed by atoms with Gasteiger partial charge in [-0.25, -0.2) is 13.4 Å². The molecule has 0 saturated heterocycles. The summed E-state index contributed by atoms with van der Waals surface area (Å²) in [5.74, 6) is 0.462. The Morgan fingerprint density at radius 1 is 1.22 bits per heavy atom. The molecular formula is C26H31ClN6O3S. The molecule has 11 heteroatoms. The van der Waals surface area contributed by atoms with Gasteiger partial charge in [0.05, 0.1) is 40.1 Å². The predicted molar refractivity (Wildman–Crippen MR) is 148 cm³/mol. The highest BCUT2D eigenvalue weighted by atomic mass is 35.5. The third kappa shape index (κ3) is 5.21. The first-order valence-corrected chi connectivity index (χ1v) is 13.9. The van der Waals surface area contributed by atoms with Crippen LogP contribution in [0.2, 0.25) is 5.02 Å². The summed E-state index contributed by atoms with van der Waals surface area (Å²) in [4.78, 5) is 13.3. The molecule has 1 aromatic heterocycles. The maximum Gasteiger partial charge on any atom is 0.229 e. The summed E-state index contributed by atoms with van der Waals surface area (Å²) in [6.45, 7) is 7.44. The SMILES string of the molecule is CC(C)S(=O)(=O)c1ccccc1Nc1nc(Nc2cc3c(cc2O)C(C)(C)C(N=CN)CC3)ncc1Cl. The Labute approximate surface area is 222 Å². The molecule has 0 spiro atoms. The van der Waals surface area contributed by atoms with Crippen molar-refractivity contribution in [2.75, 3.05) is 10.6 Å². The van der Waals surface area contributed by atoms with E-state index >= 15 is 0 Å². The fourth-order valence-electron chi connectivity index (χ4n) is 4.57. The Balaban J connectivity index is 1.65. The zero-order chi connectivity index (χ0) is 27.0. The van der Waals surface area contributed by atoms with Gasteiger partial charge in [-0.05, 0) is 62.1 Å². The number of rotatable bonds is 7. The molecule has 37 heavy (non-hydrogen) atoms. The molecule has 1 aliphatic carbocycles. The van der Waals surface area contributed by atoms with E-state index < -0.39 is 15.1 Å². The predicted octanol–water partition coefficient (Wildman–Crippen LogP) is 5.08. The zero-order valence-corrected chi connectivity index (χ0v) is 22.7. The third-order valence-corrected chi connectivity index (χ3v) is 9.25. The zero-order valence-electron chi connectivity index (χ0n) is 21.2. The second-order valence-corrected chi connectivity index (χ2v) is 12.7. The van der Waals surface area contributed by atoms with Crippen LogP contribution in [0.25, 0.3) is 0 Å². The van der Waals surface area contributed by atoms with E-state index in [0.717, 1.165) is 24.0 Å². The van der Waals surface area contributed by atoms with Gasteiger partial charge in [0, 0.05) is 5.41 Å². The van der Waals surface area contributed by atoms with Gasteiger partial charge in [-0.15, -0.1) is 0 Å². The molecule has 1 unspecified atom stereocenters. The van der Waals surface area contributed by atoms with Gasteiger partial charge in [0.25, 0.3) is 0 Å². The van der Waals surface area contributed by atoms with Crippen LogP contribution >= 0.6 is 11.6 Å². The van der Waals surface area contributed by atoms with Crippen LogP contribution in [0.4, 0.5) is 23.1 Å². The number of hydrogen-bond donors (Lipinski definition) is 4. The largest absolute Gasteiger partial charge is 0.506 e. The van der Waals surface area contributed by atoms with Gasteiger partial charge in [0.2, 0.25) is 5.95 Å². The van der Waals surface area contributed by atoms with Gasteiger partial charge in [-0.3, -0.25) is 4.99 Å². The number of hydrogen-bond acceptors (Lipinski definition) is 8. The van der Waals surface area contributed by atoms with E-state index in [-0.39, 0.29) is 38.9 Å². The van der Waals surface area contributed by atoms with Crippen molar-refractivity contribution < 1.29 is 13.5 Å². The van der Waals surface area contributed by atoms with Crippen molar-refractivity contribution in [1.82, 2.24) is 9.97 Å². The molecule has 0 saturated carbocycles. The van der Waals surface area contributed by atoms with Crippen molar-refractivity contribution in [3.8, 4) is 5.75 Å². The Kier molecular flexibility index (Phi) is 7.34. The molecule has 196 valence electrons. The molecule has 1 aliphatic rings. The number of benzene rings is 2. The Morgan fingerprint density at radius 3 is 2.65 bits per heavy atom. The van der Waals surface area contributed by atoms with Gasteiger partial charge in [-0.2, -0.15) is 4.98 Å². The number of phenolic OH excluding ortho intramolecular Hbond substituents is 1. The maximum absolute atomic E-state index is 12.8. The van der Waals surface area contributed by atoms with Gasteiger partial charge in [0.15, 0.2) is 15.7 Å². The van der Waals surface area contributed by atoms with Crippen LogP contribution in [0.5, 0.6) is 5.75 Å². The molecule has 3 aromatic rings. The van der Waals surface area contributed by atoms with Crippen LogP contribution in [-0.4, -0.2) is 41.1 Å². The molecule has 0 aliphatic heterocycles. The number of anilines is 4. The summed E-state index contributed by atoms with van der Waals surface area (Å²) < 4.78 is 25.7. The van der Waals surface area contributed by atoms with Gasteiger partial charge in [0.1, 0.15) is 10.8 Å². The molecule has 0 fully saturated rings. The van der Waals surface area contributed by atoms with Gasteiger partial charge >= 0.3 is 0 Å². The molecule has 2 aromatic carbocycles. The lowest BCUT2D eigenvalue weighted by Crippen LogP contribution is -2.37. The first-order valence-electron chi connectivity index (χ1n) is 11.9. The van der Waals surface area contributed by atoms with E-state index in [9.17, 15) is 13.5 Å². The van der Waals surface area contributed by atoms with E-state index in [0.29, 0.717) is 11.4 Å². The average Bonchev–Trinajstić information content (AvgIpc) is 2.84. The highest BCUT2D eigenvalue weighted by Gasteiger charge is 2.37. The molecule has 1 atom stereocenters. The van der Waals surface area contributed by atoms with E-state index in [1.807, 2.05) is 6.07 Å². The van der Waals surface area contributed by atoms with Crippen LogP contribution in [0, 0.1) is 0 Å². The van der Waals surface area contributed by atoms with Crippen molar-refractivity contribution in [3.63, 3.8) is 0 Å². The fourth-order valence-corrected chi connectivity index (χ4v) is 5.91. The molecular weight excluding hydrogens is 512 g/mol. The monoisotopic (exact) mass is 542 g/mol. The number of aliphatic imine (C=N–C) groups is 1. The number of sulfone groups is 1. The first kappa shape index (κ1) is 26.7. The van der Waals surface area contributed by atoms with Crippen LogP contribution < -0.4 is 16.4 Å². The fraction of sp³-hybridized carbons (Fsp3) is 0.346. The van der Waals surface area contributed by atoms with Crippen molar-refractivity contribution in [3.05, 3.63) is 58.7 Å². The highest BCUT2D eigenvalue weighted by Crippen LogP contribution is 2.43. The number of aryl methyl sites for hydroxylation is 1. The summed E-state index contributed by atoms with van der Waals surface area (Å²) >= 11 is 6.34. The molecule has 5 N–H and O–H groups in total. The van der Waals surface area contributed by atoms with Crippen molar-refractivity contribution in [1.29, 1.82) is 0 Å². The molecule has 0 bridgehead atoms. The number of nitrogens with zero attached hydrogens (tertiary/aromatic N) is 3. The molecule has 0 radical (unpaired) electrons. The first-order chi connectivity index (χ1) is 17.4. The molecule has 9 nitrogen and oxygen atoms in total. The molecule has 1 heterocycles. The number of para-hydroxylation sites is 1. The van der Waals surface area contributed by atoms with E-state index in [1.165, 1.54) is 12.5 Å². The summed E-state index contributed by atoms with van der Waals surface area (Å²) in [6.07, 6.45) is 4.37. The van der Waals surface area contributed by atoms with Crippen molar-refractivity contribution in [2.45, 2.75) is 62.1 Å². The summed E-state index contributed by atoms with van der Waals surface area (Å²) in [5.41, 5.74) is 8.16. The van der Waals surface area contributed by atoms with Crippen LogP contribution in [0.1, 0.15) is 45.2 Å². The van der Waals surface area contributed by atoms with E-state index in [2.05, 4.69) is 39.4 Å². The number of aromatic nitrogens is 2. The van der Waals surface area contributed by atoms with Crippen LogP contribution in [0.15, 0.2) is 52.5 Å². The quantitative estimate of drug-likeness (QED) is 0.184. The number of phenols is 1. The standard InChI is InChI=1S/C26H31ClN6O3S/c1-15(2)37(35,36)22-8-6-5-7-19(22)31-24-18(27)13-29-25(33-24)32-20-11-16-9-10-23(30-14-28)26(3,4)17(16)12-21(20)34/h5-8,11-15,23,34H,9-10H2,1-4H3,(H2,28,30)(H2,29,31,32,33). The smallest absolute Gasteiger partial charge is 0.229 e. The normalized spacial score (nSPS) is 17.1. The third-order valence-electron chi connectivity index (χ3n) is 6.76. The number of halogens is 1. The second-order valence-electron chi connectivity index (χ2n) is 9.83. The molecule has 0 amide bonds. The number of nitrogens with one attached hydrogen (secondary N) is 2. The lowest BCUT2D eigenvalue weighted by atomic mass is 9.69. The minimum atomic E-state index is -3.54. The van der Waals surface area contributed by atoms with E-state index in [4.69, 9.17) is 17.3 Å². The Morgan fingerprint density at radius 2 is 1.95 bits per heavy atom. The minimum Gasteiger partial charge on any atom is -0.506 e. The minimum absolute atomic E-state index is 0.0267. The maximum atomic E-state index is 12.8. The van der Waals surface area contributed by atoms with Crippen LogP contribution in [0.3, 0.4) is 0 Å². The second kappa shape index (κ2) is 10.2. The van der Waals surface area contributed by atoms with Crippen molar-refractivity contribution in [2.24, 2.45) is 10.7 Å². The highest BCUT2D eigenvalue weighted by molar-refractivity contribution is 7.92. The molecule has 4 rings (SSSR count). The van der Waals surface area contributed by atoms with Crippen LogP contribution in [-0.2, 0) is 21.7 Å². The van der Waals surface area contributed by atoms with Gasteiger partial charge in [-0.1, -0.05) is 37.6 Å². The average molecular weight is 543 g/mol.